The second kappa shape index (κ2) is 6.29. The molecule has 1 aromatic carbocycles. The second-order valence-electron chi connectivity index (χ2n) is 6.50. The summed E-state index contributed by atoms with van der Waals surface area (Å²) in [5.74, 6) is 0.826. The van der Waals surface area contributed by atoms with E-state index >= 15 is 0 Å². The zero-order chi connectivity index (χ0) is 17.3. The molecule has 1 aliphatic rings. The smallest absolute Gasteiger partial charge is 0.272 e. The largest absolute Gasteiger partial charge is 0.350 e. The number of carbonyl (C=O) groups is 1. The molecule has 1 fully saturated rings. The van der Waals surface area contributed by atoms with Gasteiger partial charge in [-0.3, -0.25) is 9.89 Å². The number of nitrogens with one attached hydrogen (secondary N) is 2. The van der Waals surface area contributed by atoms with Crippen LogP contribution >= 0.6 is 0 Å². The summed E-state index contributed by atoms with van der Waals surface area (Å²) in [5.41, 5.74) is 7.08. The first-order chi connectivity index (χ1) is 12.2. The molecule has 3 aromatic rings. The van der Waals surface area contributed by atoms with Gasteiger partial charge in [-0.2, -0.15) is 10.1 Å². The first kappa shape index (κ1) is 15.8. The molecule has 130 valence electrons. The molecule has 0 spiro atoms. The predicted molar refractivity (Wildman–Crippen MR) is 90.8 cm³/mol. The summed E-state index contributed by atoms with van der Waals surface area (Å²) >= 11 is 0. The normalized spacial score (nSPS) is 16.4. The van der Waals surface area contributed by atoms with Gasteiger partial charge in [-0.1, -0.05) is 36.2 Å². The summed E-state index contributed by atoms with van der Waals surface area (Å²) < 4.78 is 5.27. The van der Waals surface area contributed by atoms with Crippen LogP contribution in [0.4, 0.5) is 0 Å². The molecule has 0 aliphatic heterocycles. The molecule has 1 amide bonds. The number of benzene rings is 1. The van der Waals surface area contributed by atoms with Gasteiger partial charge in [-0.05, 0) is 18.9 Å². The van der Waals surface area contributed by atoms with Crippen molar-refractivity contribution in [3.8, 4) is 0 Å². The van der Waals surface area contributed by atoms with Gasteiger partial charge >= 0.3 is 0 Å². The van der Waals surface area contributed by atoms with Crippen molar-refractivity contribution >= 4 is 16.8 Å². The number of fused-ring (bicyclic) bond motifs is 1. The van der Waals surface area contributed by atoms with Gasteiger partial charge in [0, 0.05) is 18.4 Å². The summed E-state index contributed by atoms with van der Waals surface area (Å²) in [6.07, 6.45) is 4.41. The Hall–Kier alpha value is -2.74. The van der Waals surface area contributed by atoms with E-state index in [1.54, 1.807) is 0 Å². The molecule has 4 rings (SSSR count). The highest BCUT2D eigenvalue weighted by atomic mass is 16.5. The van der Waals surface area contributed by atoms with Crippen molar-refractivity contribution < 1.29 is 9.32 Å². The van der Waals surface area contributed by atoms with Gasteiger partial charge in [0.25, 0.3) is 5.91 Å². The quantitative estimate of drug-likeness (QED) is 0.649. The number of aromatic nitrogens is 4. The molecule has 8 nitrogen and oxygen atoms in total. The molecule has 4 N–H and O–H groups in total. The number of para-hydroxylation sites is 1. The molecule has 0 bridgehead atoms. The Kier molecular flexibility index (Phi) is 3.96. The van der Waals surface area contributed by atoms with Gasteiger partial charge in [0.05, 0.1) is 11.1 Å². The van der Waals surface area contributed by atoms with E-state index in [2.05, 4.69) is 25.7 Å². The second-order valence-corrected chi connectivity index (χ2v) is 6.50. The van der Waals surface area contributed by atoms with Crippen LogP contribution in [0.1, 0.15) is 47.9 Å². The monoisotopic (exact) mass is 340 g/mol. The van der Waals surface area contributed by atoms with Gasteiger partial charge < -0.3 is 15.6 Å². The molecule has 0 radical (unpaired) electrons. The van der Waals surface area contributed by atoms with E-state index in [-0.39, 0.29) is 5.91 Å². The topological polar surface area (TPSA) is 123 Å². The Morgan fingerprint density at radius 2 is 2.12 bits per heavy atom. The highest BCUT2D eigenvalue weighted by molar-refractivity contribution is 6.04. The zero-order valence-electron chi connectivity index (χ0n) is 13.8. The summed E-state index contributed by atoms with van der Waals surface area (Å²) in [6, 6.07) is 7.51. The van der Waals surface area contributed by atoms with Gasteiger partial charge in [-0.15, -0.1) is 0 Å². The minimum Gasteiger partial charge on any atom is -0.350 e. The van der Waals surface area contributed by atoms with E-state index in [9.17, 15) is 4.79 Å². The number of rotatable bonds is 5. The van der Waals surface area contributed by atoms with Crippen molar-refractivity contribution in [3.63, 3.8) is 0 Å². The van der Waals surface area contributed by atoms with Gasteiger partial charge in [-0.25, -0.2) is 0 Å². The third-order valence-electron chi connectivity index (χ3n) is 4.72. The molecular weight excluding hydrogens is 320 g/mol. The van der Waals surface area contributed by atoms with Gasteiger partial charge in [0.2, 0.25) is 5.89 Å². The first-order valence-corrected chi connectivity index (χ1v) is 8.49. The fourth-order valence-corrected chi connectivity index (χ4v) is 3.29. The summed E-state index contributed by atoms with van der Waals surface area (Å²) in [5, 5.41) is 14.6. The van der Waals surface area contributed by atoms with Crippen LogP contribution in [0.2, 0.25) is 0 Å². The molecular formula is C17H20N6O2. The van der Waals surface area contributed by atoms with Crippen molar-refractivity contribution in [2.24, 2.45) is 5.73 Å². The minimum absolute atomic E-state index is 0.233. The molecule has 1 saturated carbocycles. The number of hydrogen-bond acceptors (Lipinski definition) is 6. The number of nitrogens with two attached hydrogens (primary N) is 1. The average molecular weight is 340 g/mol. The van der Waals surface area contributed by atoms with Crippen molar-refractivity contribution in [1.82, 2.24) is 25.7 Å². The highest BCUT2D eigenvalue weighted by Crippen LogP contribution is 2.34. The van der Waals surface area contributed by atoms with E-state index < -0.39 is 5.54 Å². The first-order valence-electron chi connectivity index (χ1n) is 8.49. The molecule has 0 unspecified atom stereocenters. The van der Waals surface area contributed by atoms with Crippen LogP contribution in [0.5, 0.6) is 0 Å². The Labute approximate surface area is 144 Å². The molecule has 1 aliphatic carbocycles. The summed E-state index contributed by atoms with van der Waals surface area (Å²) in [6.45, 7) is 0.388. The standard InChI is InChI=1S/C17H20N6O2/c18-17(8-3-4-9-17)16-20-13(25-23-16)7-10-19-15(24)14-11-5-1-2-6-12(11)21-22-14/h1-2,5-6H,3-4,7-10,18H2,(H,19,24)(H,21,22). The van der Waals surface area contributed by atoms with Crippen LogP contribution in [0, 0.1) is 0 Å². The molecule has 0 saturated heterocycles. The Morgan fingerprint density at radius 1 is 1.32 bits per heavy atom. The Morgan fingerprint density at radius 3 is 2.96 bits per heavy atom. The van der Waals surface area contributed by atoms with Crippen LogP contribution in [0.3, 0.4) is 0 Å². The number of hydrogen-bond donors (Lipinski definition) is 3. The van der Waals surface area contributed by atoms with E-state index in [1.807, 2.05) is 24.3 Å². The number of carbonyl (C=O) groups excluding carboxylic acids is 1. The third-order valence-corrected chi connectivity index (χ3v) is 4.72. The lowest BCUT2D eigenvalue weighted by atomic mass is 9.99. The number of H-pyrrole nitrogens is 1. The molecule has 2 aromatic heterocycles. The molecule has 25 heavy (non-hydrogen) atoms. The SMILES string of the molecule is NC1(c2noc(CCNC(=O)c3n[nH]c4ccccc34)n2)CCCC1. The van der Waals surface area contributed by atoms with Crippen molar-refractivity contribution in [2.75, 3.05) is 6.54 Å². The Bertz CT molecular complexity index is 893. The summed E-state index contributed by atoms with van der Waals surface area (Å²) in [7, 11) is 0. The molecule has 8 heteroatoms. The van der Waals surface area contributed by atoms with Crippen LogP contribution in [0.25, 0.3) is 10.9 Å². The van der Waals surface area contributed by atoms with Crippen molar-refractivity contribution in [2.45, 2.75) is 37.6 Å². The van der Waals surface area contributed by atoms with E-state index in [0.29, 0.717) is 30.4 Å². The molecule has 0 atom stereocenters. The summed E-state index contributed by atoms with van der Waals surface area (Å²) in [4.78, 5) is 16.7. The number of aromatic amines is 1. The lowest BCUT2D eigenvalue weighted by Crippen LogP contribution is -2.34. The van der Waals surface area contributed by atoms with Crippen molar-refractivity contribution in [3.05, 3.63) is 41.7 Å². The van der Waals surface area contributed by atoms with Crippen LogP contribution in [-0.4, -0.2) is 32.8 Å². The lowest BCUT2D eigenvalue weighted by molar-refractivity contribution is 0.0950. The van der Waals surface area contributed by atoms with E-state index in [1.165, 1.54) is 0 Å². The predicted octanol–water partition coefficient (Wildman–Crippen LogP) is 1.65. The average Bonchev–Trinajstić information content (AvgIpc) is 3.34. The third kappa shape index (κ3) is 3.00. The van der Waals surface area contributed by atoms with E-state index in [4.69, 9.17) is 10.3 Å². The molecule has 2 heterocycles. The lowest BCUT2D eigenvalue weighted by Gasteiger charge is -2.17. The minimum atomic E-state index is -0.459. The van der Waals surface area contributed by atoms with Crippen LogP contribution in [0.15, 0.2) is 28.8 Å². The fourth-order valence-electron chi connectivity index (χ4n) is 3.29. The van der Waals surface area contributed by atoms with Crippen LogP contribution < -0.4 is 11.1 Å². The Balaban J connectivity index is 1.36. The maximum atomic E-state index is 12.3. The van der Waals surface area contributed by atoms with Crippen molar-refractivity contribution in [1.29, 1.82) is 0 Å². The number of amides is 1. The van der Waals surface area contributed by atoms with Gasteiger partial charge in [0.15, 0.2) is 11.5 Å². The van der Waals surface area contributed by atoms with Crippen LogP contribution in [-0.2, 0) is 12.0 Å². The number of nitrogens with zero attached hydrogens (tertiary/aromatic N) is 3. The maximum absolute atomic E-state index is 12.3. The van der Waals surface area contributed by atoms with Gasteiger partial charge in [0.1, 0.15) is 0 Å². The highest BCUT2D eigenvalue weighted by Gasteiger charge is 2.35. The zero-order valence-corrected chi connectivity index (χ0v) is 13.8. The maximum Gasteiger partial charge on any atom is 0.272 e. The van der Waals surface area contributed by atoms with E-state index in [0.717, 1.165) is 36.6 Å². The fraction of sp³-hybridized carbons (Fsp3) is 0.412.